The molecule has 1 atom stereocenters. The van der Waals surface area contributed by atoms with Gasteiger partial charge in [-0.05, 0) is 26.7 Å². The molecule has 1 aromatic heterocycles. The highest BCUT2D eigenvalue weighted by atomic mass is 16.5. The lowest BCUT2D eigenvalue weighted by molar-refractivity contribution is 0.114. The van der Waals surface area contributed by atoms with Crippen LogP contribution in [0.1, 0.15) is 29.8 Å². The number of aryl methyl sites for hydroxylation is 2. The summed E-state index contributed by atoms with van der Waals surface area (Å²) in [7, 11) is 0. The number of rotatable bonds is 4. The van der Waals surface area contributed by atoms with Gasteiger partial charge >= 0.3 is 0 Å². The first-order valence-electron chi connectivity index (χ1n) is 6.32. The van der Waals surface area contributed by atoms with Crippen molar-refractivity contribution < 1.29 is 4.74 Å². The van der Waals surface area contributed by atoms with Crippen molar-refractivity contribution in [1.29, 1.82) is 0 Å². The molecule has 1 saturated heterocycles. The van der Waals surface area contributed by atoms with Crippen molar-refractivity contribution in [2.45, 2.75) is 39.3 Å². The topological polar surface area (TPSA) is 88.3 Å². The van der Waals surface area contributed by atoms with Gasteiger partial charge in [-0.2, -0.15) is 5.10 Å². The summed E-state index contributed by atoms with van der Waals surface area (Å²) < 4.78 is 5.50. The van der Waals surface area contributed by atoms with Crippen LogP contribution in [-0.4, -0.2) is 35.4 Å². The minimum atomic E-state index is 0.274. The molecule has 0 radical (unpaired) electrons. The molecule has 1 unspecified atom stereocenters. The molecule has 4 N–H and O–H groups in total. The van der Waals surface area contributed by atoms with Crippen molar-refractivity contribution in [2.24, 2.45) is 10.7 Å². The van der Waals surface area contributed by atoms with Crippen LogP contribution in [-0.2, 0) is 11.3 Å². The summed E-state index contributed by atoms with van der Waals surface area (Å²) in [5, 5.41) is 10.2. The summed E-state index contributed by atoms with van der Waals surface area (Å²) in [6.07, 6.45) is 2.51. The van der Waals surface area contributed by atoms with Gasteiger partial charge in [-0.3, -0.25) is 5.10 Å². The second-order valence-corrected chi connectivity index (χ2v) is 4.63. The molecule has 0 bridgehead atoms. The lowest BCUT2D eigenvalue weighted by Crippen LogP contribution is -2.37. The third-order valence-electron chi connectivity index (χ3n) is 3.22. The minimum Gasteiger partial charge on any atom is -0.376 e. The van der Waals surface area contributed by atoms with Gasteiger partial charge in [0.25, 0.3) is 0 Å². The molecule has 0 aliphatic carbocycles. The number of H-pyrrole nitrogens is 1. The SMILES string of the molecule is Cc1n[nH]c(C)c1CN=C(N)NCC1CCCO1. The lowest BCUT2D eigenvalue weighted by Gasteiger charge is -2.11. The zero-order valence-electron chi connectivity index (χ0n) is 11.0. The number of nitrogens with one attached hydrogen (secondary N) is 2. The molecule has 0 aromatic carbocycles. The predicted molar refractivity (Wildman–Crippen MR) is 70.4 cm³/mol. The van der Waals surface area contributed by atoms with Gasteiger partial charge < -0.3 is 15.8 Å². The molecule has 18 heavy (non-hydrogen) atoms. The highest BCUT2D eigenvalue weighted by molar-refractivity contribution is 5.77. The smallest absolute Gasteiger partial charge is 0.189 e. The largest absolute Gasteiger partial charge is 0.376 e. The van der Waals surface area contributed by atoms with Gasteiger partial charge in [-0.15, -0.1) is 0 Å². The van der Waals surface area contributed by atoms with Crippen LogP contribution >= 0.6 is 0 Å². The fourth-order valence-corrected chi connectivity index (χ4v) is 2.05. The Morgan fingerprint density at radius 1 is 1.61 bits per heavy atom. The van der Waals surface area contributed by atoms with Crippen LogP contribution in [0.5, 0.6) is 0 Å². The highest BCUT2D eigenvalue weighted by Gasteiger charge is 2.15. The van der Waals surface area contributed by atoms with E-state index in [0.29, 0.717) is 12.5 Å². The standard InChI is InChI=1S/C12H21N5O/c1-8-11(9(2)17-16-8)7-15-12(13)14-6-10-4-3-5-18-10/h10H,3-7H2,1-2H3,(H,16,17)(H3,13,14,15). The van der Waals surface area contributed by atoms with E-state index in [2.05, 4.69) is 20.5 Å². The molecular weight excluding hydrogens is 230 g/mol. The van der Waals surface area contributed by atoms with Crippen LogP contribution in [0.2, 0.25) is 0 Å². The Bertz CT molecular complexity index is 401. The first kappa shape index (κ1) is 12.9. The second kappa shape index (κ2) is 5.86. The van der Waals surface area contributed by atoms with Crippen LogP contribution in [0.3, 0.4) is 0 Å². The van der Waals surface area contributed by atoms with Crippen LogP contribution in [0.4, 0.5) is 0 Å². The second-order valence-electron chi connectivity index (χ2n) is 4.63. The summed E-state index contributed by atoms with van der Waals surface area (Å²) in [4.78, 5) is 4.32. The van der Waals surface area contributed by atoms with Crippen molar-refractivity contribution in [3.8, 4) is 0 Å². The van der Waals surface area contributed by atoms with Crippen molar-refractivity contribution in [1.82, 2.24) is 15.5 Å². The Hall–Kier alpha value is -1.56. The molecule has 6 nitrogen and oxygen atoms in total. The monoisotopic (exact) mass is 251 g/mol. The molecular formula is C12H21N5O. The van der Waals surface area contributed by atoms with Crippen molar-refractivity contribution in [3.05, 3.63) is 17.0 Å². The summed E-state index contributed by atoms with van der Waals surface area (Å²) in [6.45, 7) is 6.10. The molecule has 0 spiro atoms. The number of aliphatic imine (C=N–C) groups is 1. The average molecular weight is 251 g/mol. The maximum Gasteiger partial charge on any atom is 0.189 e. The molecule has 100 valence electrons. The highest BCUT2D eigenvalue weighted by Crippen LogP contribution is 2.11. The molecule has 1 aliphatic rings. The maximum atomic E-state index is 5.82. The van der Waals surface area contributed by atoms with Gasteiger partial charge in [-0.25, -0.2) is 4.99 Å². The fraction of sp³-hybridized carbons (Fsp3) is 0.667. The van der Waals surface area contributed by atoms with Crippen molar-refractivity contribution in [2.75, 3.05) is 13.2 Å². The van der Waals surface area contributed by atoms with Gasteiger partial charge in [-0.1, -0.05) is 0 Å². The third-order valence-corrected chi connectivity index (χ3v) is 3.22. The van der Waals surface area contributed by atoms with E-state index < -0.39 is 0 Å². The predicted octanol–water partition coefficient (Wildman–Crippen LogP) is 0.610. The molecule has 2 heterocycles. The number of nitrogens with two attached hydrogens (primary N) is 1. The number of hydrogen-bond acceptors (Lipinski definition) is 3. The Balaban J connectivity index is 1.81. The van der Waals surface area contributed by atoms with E-state index in [-0.39, 0.29) is 6.10 Å². The zero-order chi connectivity index (χ0) is 13.0. The van der Waals surface area contributed by atoms with Gasteiger partial charge in [0, 0.05) is 24.4 Å². The maximum absolute atomic E-state index is 5.82. The number of guanidine groups is 1. The number of nitrogens with zero attached hydrogens (tertiary/aromatic N) is 2. The number of aromatic nitrogens is 2. The minimum absolute atomic E-state index is 0.274. The van der Waals surface area contributed by atoms with E-state index in [1.54, 1.807) is 0 Å². The van der Waals surface area contributed by atoms with E-state index in [4.69, 9.17) is 10.5 Å². The Morgan fingerprint density at radius 2 is 2.44 bits per heavy atom. The van der Waals surface area contributed by atoms with Crippen molar-refractivity contribution >= 4 is 5.96 Å². The molecule has 1 aliphatic heterocycles. The van der Waals surface area contributed by atoms with Gasteiger partial charge in [0.05, 0.1) is 18.3 Å². The molecule has 1 aromatic rings. The average Bonchev–Trinajstić information content (AvgIpc) is 2.96. The third kappa shape index (κ3) is 3.22. The summed E-state index contributed by atoms with van der Waals surface area (Å²) >= 11 is 0. The quantitative estimate of drug-likeness (QED) is 0.540. The first-order chi connectivity index (χ1) is 8.66. The van der Waals surface area contributed by atoms with E-state index in [0.717, 1.165) is 42.9 Å². The fourth-order valence-electron chi connectivity index (χ4n) is 2.05. The van der Waals surface area contributed by atoms with E-state index >= 15 is 0 Å². The zero-order valence-corrected chi connectivity index (χ0v) is 11.0. The summed E-state index contributed by atoms with van der Waals surface area (Å²) in [5.41, 5.74) is 8.95. The van der Waals surface area contributed by atoms with E-state index in [1.165, 1.54) is 0 Å². The molecule has 0 saturated carbocycles. The Morgan fingerprint density at radius 3 is 3.06 bits per heavy atom. The van der Waals surface area contributed by atoms with E-state index in [1.807, 2.05) is 13.8 Å². The van der Waals surface area contributed by atoms with Crippen molar-refractivity contribution in [3.63, 3.8) is 0 Å². The number of hydrogen-bond donors (Lipinski definition) is 3. The van der Waals surface area contributed by atoms with Gasteiger partial charge in [0.2, 0.25) is 0 Å². The van der Waals surface area contributed by atoms with E-state index in [9.17, 15) is 0 Å². The Labute approximate surface area is 107 Å². The van der Waals surface area contributed by atoms with Gasteiger partial charge in [0.1, 0.15) is 0 Å². The molecule has 0 amide bonds. The Kier molecular flexibility index (Phi) is 4.19. The summed E-state index contributed by atoms with van der Waals surface area (Å²) in [5.74, 6) is 0.463. The molecule has 6 heteroatoms. The number of ether oxygens (including phenoxy) is 1. The normalized spacial score (nSPS) is 20.3. The number of aromatic amines is 1. The van der Waals surface area contributed by atoms with Gasteiger partial charge in [0.15, 0.2) is 5.96 Å². The summed E-state index contributed by atoms with van der Waals surface area (Å²) in [6, 6.07) is 0. The molecule has 1 fully saturated rings. The van der Waals surface area contributed by atoms with Crippen LogP contribution in [0.25, 0.3) is 0 Å². The van der Waals surface area contributed by atoms with Crippen LogP contribution in [0, 0.1) is 13.8 Å². The van der Waals surface area contributed by atoms with Crippen LogP contribution < -0.4 is 11.1 Å². The first-order valence-corrected chi connectivity index (χ1v) is 6.32. The lowest BCUT2D eigenvalue weighted by atomic mass is 10.2. The van der Waals surface area contributed by atoms with Crippen LogP contribution in [0.15, 0.2) is 4.99 Å². The molecule has 2 rings (SSSR count).